The van der Waals surface area contributed by atoms with E-state index in [1.807, 2.05) is 0 Å². The van der Waals surface area contributed by atoms with Crippen molar-refractivity contribution in [2.45, 2.75) is 181 Å². The fourth-order valence-corrected chi connectivity index (χ4v) is 19.1. The molecule has 4 saturated heterocycles. The average molecular weight is 849 g/mol. The van der Waals surface area contributed by atoms with Crippen LogP contribution in [0.4, 0.5) is 0 Å². The van der Waals surface area contributed by atoms with E-state index >= 15 is 0 Å². The van der Waals surface area contributed by atoms with Gasteiger partial charge in [0.05, 0.1) is 60.4 Å². The molecular weight excluding hydrogens is 773 g/mol. The zero-order valence-electron chi connectivity index (χ0n) is 39.1. The van der Waals surface area contributed by atoms with Crippen molar-refractivity contribution >= 4 is 0 Å². The van der Waals surface area contributed by atoms with Crippen LogP contribution in [0.15, 0.2) is 23.3 Å². The van der Waals surface area contributed by atoms with E-state index in [0.29, 0.717) is 47.3 Å². The SMILES string of the molecule is C[C@H]1CC[C@@]2(OC1)O[C@H]1C=C3[C@@H]4CCC5Cc6nc7c(nc6C[C@]5(C)[C@H]4C[C@@H](O)[C@]3(C)[C@H]1[C@@H]2C)CC1CC[C@H]2C3=C[C@@H]4O[C@]5(CC[C@H](C)CO5)[C@@H](C)[C@@H]4[C@@]3(C)[C@@H](O)C[C@@H]2[C@@]1(C)C7. The molecule has 8 fully saturated rings. The molecule has 4 aliphatic heterocycles. The second-order valence-corrected chi connectivity index (χ2v) is 25.4. The molecule has 4 saturated carbocycles. The van der Waals surface area contributed by atoms with Gasteiger partial charge in [0.1, 0.15) is 0 Å². The van der Waals surface area contributed by atoms with Crippen molar-refractivity contribution < 1.29 is 29.2 Å². The highest BCUT2D eigenvalue weighted by atomic mass is 16.7. The Hall–Kier alpha value is -1.68. The summed E-state index contributed by atoms with van der Waals surface area (Å²) in [4.78, 5) is 11.3. The minimum Gasteiger partial charge on any atom is -0.392 e. The van der Waals surface area contributed by atoms with Gasteiger partial charge < -0.3 is 29.2 Å². The molecule has 338 valence electrons. The first-order valence-corrected chi connectivity index (χ1v) is 25.8. The molecule has 0 bridgehead atoms. The van der Waals surface area contributed by atoms with Gasteiger partial charge in [-0.25, -0.2) is 0 Å². The van der Waals surface area contributed by atoms with Crippen molar-refractivity contribution in [2.24, 2.45) is 92.7 Å². The molecule has 1 aromatic rings. The van der Waals surface area contributed by atoms with Gasteiger partial charge in [-0.3, -0.25) is 9.97 Å². The standard InChI is InChI=1S/C54H76N2O6/c1-27-13-15-53(59-25-27)29(3)47-43(61-53)19-37-33-11-9-31-17-39-41(23-49(31,5)35(33)21-45(57)51(37,47)7)55-40-18-32-10-12-34-36(50(32,6)24-42(40)56-39)22-46(58)52(8)38(34)20-44-48(52)30(4)54(62-44)16-14-28(2)26-60-54/h19-20,27-36,43-48,57-58H,9-18,21-26H2,1-8H3/t27-,28-,29-,30-,31?,32?,33+,34+,35-,36-,43-,44-,45-,46+,47-,48-,49-,50-,51+,52+,53+,54+/m0/s1. The van der Waals surface area contributed by atoms with Gasteiger partial charge in [-0.15, -0.1) is 0 Å². The van der Waals surface area contributed by atoms with Crippen molar-refractivity contribution in [3.05, 3.63) is 46.1 Å². The van der Waals surface area contributed by atoms with Crippen LogP contribution in [0.3, 0.4) is 0 Å². The summed E-state index contributed by atoms with van der Waals surface area (Å²) in [6.45, 7) is 20.7. The summed E-state index contributed by atoms with van der Waals surface area (Å²) in [6, 6.07) is 0. The molecule has 8 aliphatic carbocycles. The van der Waals surface area contributed by atoms with Crippen LogP contribution in [0.25, 0.3) is 0 Å². The first kappa shape index (κ1) is 40.6. The molecule has 12 aliphatic rings. The number of fused-ring (bicyclic) bond motifs is 16. The highest BCUT2D eigenvalue weighted by Crippen LogP contribution is 2.71. The van der Waals surface area contributed by atoms with Gasteiger partial charge in [-0.05, 0) is 135 Å². The number of hydrogen-bond acceptors (Lipinski definition) is 8. The number of rotatable bonds is 0. The maximum absolute atomic E-state index is 12.4. The van der Waals surface area contributed by atoms with E-state index < -0.39 is 11.6 Å². The molecule has 2 unspecified atom stereocenters. The van der Waals surface area contributed by atoms with Crippen molar-refractivity contribution in [2.75, 3.05) is 13.2 Å². The molecule has 8 nitrogen and oxygen atoms in total. The third-order valence-corrected chi connectivity index (χ3v) is 22.9. The Morgan fingerprint density at radius 1 is 0.565 bits per heavy atom. The second kappa shape index (κ2) is 13.1. The van der Waals surface area contributed by atoms with E-state index in [1.54, 1.807) is 0 Å². The molecule has 2 spiro atoms. The Morgan fingerprint density at radius 3 is 1.37 bits per heavy atom. The minimum atomic E-state index is -0.498. The highest BCUT2D eigenvalue weighted by molar-refractivity contribution is 5.40. The van der Waals surface area contributed by atoms with E-state index in [9.17, 15) is 10.2 Å². The molecule has 0 radical (unpaired) electrons. The lowest BCUT2D eigenvalue weighted by molar-refractivity contribution is -0.265. The molecule has 0 amide bonds. The van der Waals surface area contributed by atoms with Crippen LogP contribution in [0.5, 0.6) is 0 Å². The van der Waals surface area contributed by atoms with Crippen LogP contribution in [-0.4, -0.2) is 69.4 Å². The topological polar surface area (TPSA) is 103 Å². The molecular formula is C54H76N2O6. The Labute approximate surface area is 371 Å². The fourth-order valence-electron chi connectivity index (χ4n) is 19.1. The predicted octanol–water partition coefficient (Wildman–Crippen LogP) is 8.98. The molecule has 2 N–H and O–H groups in total. The van der Waals surface area contributed by atoms with Crippen LogP contribution < -0.4 is 0 Å². The van der Waals surface area contributed by atoms with Gasteiger partial charge >= 0.3 is 0 Å². The molecule has 62 heavy (non-hydrogen) atoms. The zero-order valence-corrected chi connectivity index (χ0v) is 39.1. The average Bonchev–Trinajstić information content (AvgIpc) is 3.89. The number of aliphatic hydroxyl groups excluding tert-OH is 2. The van der Waals surface area contributed by atoms with Gasteiger partial charge in [0.2, 0.25) is 0 Å². The summed E-state index contributed by atoms with van der Waals surface area (Å²) in [5.41, 5.74) is 7.65. The Balaban J connectivity index is 0.762. The molecule has 5 heterocycles. The Morgan fingerprint density at radius 2 is 0.984 bits per heavy atom. The van der Waals surface area contributed by atoms with Crippen molar-refractivity contribution in [1.29, 1.82) is 0 Å². The number of nitrogens with zero attached hydrogens (tertiary/aromatic N) is 2. The first-order chi connectivity index (χ1) is 29.5. The summed E-state index contributed by atoms with van der Waals surface area (Å²) in [6.07, 6.45) is 19.0. The summed E-state index contributed by atoms with van der Waals surface area (Å²) < 4.78 is 27.1. The molecule has 8 heteroatoms. The normalized spacial score (nSPS) is 57.8. The number of aromatic nitrogens is 2. The highest BCUT2D eigenvalue weighted by Gasteiger charge is 2.71. The van der Waals surface area contributed by atoms with E-state index in [0.717, 1.165) is 77.4 Å². The maximum Gasteiger partial charge on any atom is 0.172 e. The van der Waals surface area contributed by atoms with Crippen molar-refractivity contribution in [1.82, 2.24) is 9.97 Å². The lowest BCUT2D eigenvalue weighted by Gasteiger charge is -2.61. The third-order valence-electron chi connectivity index (χ3n) is 22.9. The van der Waals surface area contributed by atoms with Crippen molar-refractivity contribution in [3.8, 4) is 0 Å². The van der Waals surface area contributed by atoms with Gasteiger partial charge in [-0.2, -0.15) is 0 Å². The van der Waals surface area contributed by atoms with Crippen molar-refractivity contribution in [3.63, 3.8) is 0 Å². The fraction of sp³-hybridized carbons (Fsp3) is 0.852. The Bertz CT molecular complexity index is 1970. The summed E-state index contributed by atoms with van der Waals surface area (Å²) in [7, 11) is 0. The molecule has 1 aromatic heterocycles. The van der Waals surface area contributed by atoms with E-state index in [4.69, 9.17) is 28.9 Å². The van der Waals surface area contributed by atoms with Crippen LogP contribution in [-0.2, 0) is 44.6 Å². The predicted molar refractivity (Wildman–Crippen MR) is 235 cm³/mol. The molecule has 13 rings (SSSR count). The Kier molecular flexibility index (Phi) is 8.54. The van der Waals surface area contributed by atoms with Crippen LogP contribution in [0.2, 0.25) is 0 Å². The van der Waals surface area contributed by atoms with Gasteiger partial charge in [0.15, 0.2) is 11.6 Å². The minimum absolute atomic E-state index is 0.0317. The monoisotopic (exact) mass is 849 g/mol. The second-order valence-electron chi connectivity index (χ2n) is 25.4. The van der Waals surface area contributed by atoms with E-state index in [1.165, 1.54) is 59.6 Å². The van der Waals surface area contributed by atoms with Gasteiger partial charge in [-0.1, -0.05) is 78.7 Å². The summed E-state index contributed by atoms with van der Waals surface area (Å²) in [5.74, 6) is 4.14. The first-order valence-electron chi connectivity index (χ1n) is 25.8. The lowest BCUT2D eigenvalue weighted by atomic mass is 9.44. The largest absolute Gasteiger partial charge is 0.392 e. The van der Waals surface area contributed by atoms with Gasteiger partial charge in [0.25, 0.3) is 0 Å². The van der Waals surface area contributed by atoms with E-state index in [-0.39, 0.29) is 69.7 Å². The third kappa shape index (κ3) is 4.97. The number of hydrogen-bond donors (Lipinski definition) is 2. The smallest absolute Gasteiger partial charge is 0.172 e. The molecule has 22 atom stereocenters. The maximum atomic E-state index is 12.4. The molecule has 0 aromatic carbocycles. The van der Waals surface area contributed by atoms with Crippen LogP contribution >= 0.6 is 0 Å². The van der Waals surface area contributed by atoms with Crippen LogP contribution in [0, 0.1) is 92.7 Å². The lowest BCUT2D eigenvalue weighted by Crippen LogP contribution is -2.58. The number of aliphatic hydroxyl groups is 2. The quantitative estimate of drug-likeness (QED) is 0.250. The van der Waals surface area contributed by atoms with Gasteiger partial charge in [0, 0.05) is 47.3 Å². The van der Waals surface area contributed by atoms with Crippen LogP contribution in [0.1, 0.15) is 142 Å². The summed E-state index contributed by atoms with van der Waals surface area (Å²) >= 11 is 0. The number of ether oxygens (including phenoxy) is 4. The zero-order chi connectivity index (χ0) is 42.7. The summed E-state index contributed by atoms with van der Waals surface area (Å²) in [5, 5.41) is 24.9. The van der Waals surface area contributed by atoms with E-state index in [2.05, 4.69) is 67.5 Å².